The molecule has 8 aliphatic rings. The van der Waals surface area contributed by atoms with Crippen LogP contribution in [0.2, 0.25) is 0 Å². The minimum atomic E-state index is -4.01. The molecule has 24 nitrogen and oxygen atoms in total. The summed E-state index contributed by atoms with van der Waals surface area (Å²) in [5.41, 5.74) is 27.3. The lowest BCUT2D eigenvalue weighted by atomic mass is 9.79. The van der Waals surface area contributed by atoms with Gasteiger partial charge in [-0.15, -0.1) is 0 Å². The zero-order valence-corrected chi connectivity index (χ0v) is 68.2. The number of carbonyl (C=O) groups excluding carboxylic acids is 4. The van der Waals surface area contributed by atoms with Crippen LogP contribution < -0.4 is 60.8 Å². The first kappa shape index (κ1) is 40.4. The fraction of sp³-hybridized carbons (Fsp3) is 0.708. The second kappa shape index (κ2) is 43.9. The first-order chi connectivity index (χ1) is 82.5. The lowest BCUT2D eigenvalue weighted by molar-refractivity contribution is -0.161. The molecule has 0 amide bonds. The van der Waals surface area contributed by atoms with E-state index in [-0.39, 0.29) is 62.0 Å². The Kier molecular flexibility index (Phi) is 14.8. The minimum absolute atomic E-state index is 0.0423. The molecule has 0 aromatic heterocycles. The number of methoxy groups -OCH3 is 8. The number of benzene rings is 4. The number of fused-ring (bicyclic) bond motifs is 12. The summed E-state index contributed by atoms with van der Waals surface area (Å²) in [5.74, 6) is -42.9. The Morgan fingerprint density at radius 1 is 0.350 bits per heavy atom. The maximum Gasteiger partial charge on any atom is 0.323 e. The number of hydrogen-bond donors (Lipinski definition) is 4. The van der Waals surface area contributed by atoms with Gasteiger partial charge in [0, 0.05) is 197 Å². The maximum atomic E-state index is 13.6. The van der Waals surface area contributed by atoms with E-state index in [1.807, 2.05) is 0 Å². The molecule has 0 radical (unpaired) electrons. The van der Waals surface area contributed by atoms with Crippen LogP contribution in [-0.4, -0.2) is 201 Å². The molecule has 4 saturated heterocycles. The van der Waals surface area contributed by atoms with E-state index in [4.69, 9.17) is 165 Å². The third-order valence-electron chi connectivity index (χ3n) is 21.5. The number of ether oxygens (including phenoxy) is 12. The van der Waals surface area contributed by atoms with Crippen molar-refractivity contribution in [2.24, 2.45) is 93.8 Å². The Morgan fingerprint density at radius 3 is 0.733 bits per heavy atom. The first-order valence-corrected chi connectivity index (χ1v) is 37.8. The van der Waals surface area contributed by atoms with Crippen molar-refractivity contribution in [2.75, 3.05) is 109 Å². The number of esters is 4. The summed E-state index contributed by atoms with van der Waals surface area (Å²) >= 11 is 0. The molecule has 16 unspecified atom stereocenters. The number of hydrogen-bond acceptors (Lipinski definition) is 24. The monoisotopic (exact) mass is 1740 g/mol. The Labute approximate surface area is 811 Å². The molecule has 8 aliphatic heterocycles. The van der Waals surface area contributed by atoms with Crippen molar-refractivity contribution in [3.05, 3.63) is 93.0 Å². The molecular formula is C96H152N8O16. The van der Waals surface area contributed by atoms with Crippen LogP contribution in [0.4, 0.5) is 0 Å². The predicted molar refractivity (Wildman–Crippen MR) is 471 cm³/mol. The zero-order valence-electron chi connectivity index (χ0n) is 134. The van der Waals surface area contributed by atoms with Gasteiger partial charge in [-0.3, -0.25) is 38.8 Å². The molecule has 8 N–H and O–H groups in total. The highest BCUT2D eigenvalue weighted by molar-refractivity contribution is 5.77. The molecular weight excluding hydrogens is 1520 g/mol. The van der Waals surface area contributed by atoms with E-state index < -0.39 is 341 Å². The van der Waals surface area contributed by atoms with Crippen molar-refractivity contribution < 1.29 is 166 Å². The highest BCUT2D eigenvalue weighted by Crippen LogP contribution is 2.50. The van der Waals surface area contributed by atoms with Gasteiger partial charge in [0.15, 0.2) is 46.0 Å². The zero-order chi connectivity index (χ0) is 145. The Balaban J connectivity index is 0.000000270. The molecule has 120 heavy (non-hydrogen) atoms. The molecule has 12 rings (SSSR count). The molecule has 8 heterocycles. The highest BCUT2D eigenvalue weighted by Gasteiger charge is 2.47. The van der Waals surface area contributed by atoms with Crippen molar-refractivity contribution in [3.8, 4) is 46.0 Å². The fourth-order valence-corrected chi connectivity index (χ4v) is 15.8. The third-order valence-corrected chi connectivity index (χ3v) is 21.5. The van der Waals surface area contributed by atoms with Gasteiger partial charge in [-0.05, 0) is 191 Å². The molecule has 24 heteroatoms. The Hall–Kier alpha value is -7.16. The van der Waals surface area contributed by atoms with Crippen LogP contribution in [0.1, 0.15) is 320 Å². The molecule has 0 bridgehead atoms. The van der Waals surface area contributed by atoms with Crippen LogP contribution in [0.5, 0.6) is 46.0 Å². The van der Waals surface area contributed by atoms with Crippen LogP contribution in [0, 0.1) is 70.8 Å². The van der Waals surface area contributed by atoms with Crippen LogP contribution in [0.25, 0.3) is 0 Å². The van der Waals surface area contributed by atoms with E-state index in [0.717, 1.165) is 38.8 Å². The van der Waals surface area contributed by atoms with E-state index >= 15 is 0 Å². The minimum Gasteiger partial charge on any atom is -0.493 e. The Bertz CT molecular complexity index is 6520. The van der Waals surface area contributed by atoms with Crippen LogP contribution >= 0.6 is 0 Å². The molecule has 20 atom stereocenters. The van der Waals surface area contributed by atoms with E-state index in [2.05, 4.69) is 0 Å². The molecule has 4 aromatic rings. The van der Waals surface area contributed by atoms with Gasteiger partial charge in [0.25, 0.3) is 0 Å². The van der Waals surface area contributed by atoms with Crippen LogP contribution in [-0.2, 0) is 63.8 Å². The van der Waals surface area contributed by atoms with Gasteiger partial charge in [-0.2, -0.15) is 0 Å². The van der Waals surface area contributed by atoms with E-state index in [0.29, 0.717) is 69.2 Å². The number of nitrogens with two attached hydrogens (primary N) is 4. The average Bonchev–Trinajstić information content (AvgIpc) is 0.708. The lowest BCUT2D eigenvalue weighted by Gasteiger charge is -2.47. The summed E-state index contributed by atoms with van der Waals surface area (Å²) in [5, 5.41) is 0. The van der Waals surface area contributed by atoms with Gasteiger partial charge in [0.2, 0.25) is 0 Å². The summed E-state index contributed by atoms with van der Waals surface area (Å²) in [6, 6.07) is -6.80. The van der Waals surface area contributed by atoms with Gasteiger partial charge in [-0.25, -0.2) is 0 Å². The topological polar surface area (TPSA) is 296 Å². The Morgan fingerprint density at radius 2 is 0.550 bits per heavy atom. The summed E-state index contributed by atoms with van der Waals surface area (Å²) in [6.45, 7) is -41.9. The largest absolute Gasteiger partial charge is 0.493 e. The van der Waals surface area contributed by atoms with Crippen LogP contribution in [0.15, 0.2) is 48.5 Å². The van der Waals surface area contributed by atoms with E-state index in [9.17, 15) is 24.7 Å². The second-order valence-electron chi connectivity index (χ2n) is 29.1. The first-order valence-electron chi connectivity index (χ1n) is 70.8. The van der Waals surface area contributed by atoms with Crippen LogP contribution in [0.3, 0.4) is 0 Å². The standard InChI is InChI=1S/4C24H38N2O4/c4*1-14(2)9-17-13-26-8-7-16-10-21(28-5)22(29-6)11-18(16)19(26)12-20(17)30-24(27)23(25)15(3)4/h4*10-11,14-15,17,19-20,23H,7-9,12-13,25H2,1-6H3/t4*17?,19?,20?,23-/m0000/s1/i2*1D3,3D3,4D3,5D3,9D2,14D,15D,20D,23D;2*1D3,3D3,4D3,9D2,14D,15D,20D,23D/t4*14?,17?,19?,20?,23-. The fourth-order valence-electron chi connectivity index (χ4n) is 15.8. The van der Waals surface area contributed by atoms with Crippen molar-refractivity contribution in [1.29, 1.82) is 0 Å². The highest BCUT2D eigenvalue weighted by atomic mass is 16.6. The number of carbonyl (C=O) groups is 4. The SMILES string of the molecule is [2H]C([2H])([2H])Oc1cc2c(cc1OC)C1CC([2H])(OC(=O)[C@@]([2H])(N)C([2H])(C([2H])([2H])[2H])C([2H])([2H])[2H])C(C([2H])([2H])C([2H])(C)C([2H])([2H])[2H])CN1CC2.[2H]C([2H])([2H])Oc1cc2c(cc1OC)C1CC([2H])(OC(=O)[C@@]([2H])(N)C([2H])(C([2H])([2H])[2H])C([2H])([2H])[2H])C(C([2H])([2H])C([2H])(C)C([2H])([2H])[2H])CN1CC2.[2H]C1(OC(=O)[C@@]([2H])(N)C([2H])(C([2H])([2H])[2H])C([2H])([2H])[2H])CC2c3cc(OC)c(OC)cc3CCN2CC1C([2H])([2H])C([2H])(C)C([2H])([2H])[2H].[2H]C1(OC(=O)[C@@]([2H])(N)C([2H])(C([2H])([2H])[2H])C([2H])([2H])[2H])CC2c3cc(OC)c(OC)cc3CCN2CC1C([2H])([2H])C([2H])(C)C([2H])([2H])[2H]. The van der Waals surface area contributed by atoms with Gasteiger partial charge in [0.05, 0.1) is 75.9 Å². The summed E-state index contributed by atoms with van der Waals surface area (Å²) in [4.78, 5) is 61.1. The van der Waals surface area contributed by atoms with Crippen molar-refractivity contribution in [2.45, 2.75) is 259 Å². The molecule has 4 aromatic carbocycles. The molecule has 0 aliphatic carbocycles. The van der Waals surface area contributed by atoms with Gasteiger partial charge < -0.3 is 79.8 Å². The number of nitrogens with zero attached hydrogens (tertiary/aromatic N) is 4. The maximum absolute atomic E-state index is 13.6. The number of piperidine rings is 4. The summed E-state index contributed by atoms with van der Waals surface area (Å²) in [6.07, 6.45) is -25.4. The molecule has 672 valence electrons. The van der Waals surface area contributed by atoms with E-state index in [1.165, 1.54) is 66.9 Å². The summed E-state index contributed by atoms with van der Waals surface area (Å²) < 4.78 is 597. The van der Waals surface area contributed by atoms with Crippen molar-refractivity contribution in [3.63, 3.8) is 0 Å². The summed E-state index contributed by atoms with van der Waals surface area (Å²) in [7, 11) is 2.46. The predicted octanol–water partition coefficient (Wildman–Crippen LogP) is 14.3. The van der Waals surface area contributed by atoms with Gasteiger partial charge in [-0.1, -0.05) is 110 Å². The van der Waals surface area contributed by atoms with Gasteiger partial charge in [0.1, 0.15) is 48.4 Å². The third kappa shape index (κ3) is 23.8. The van der Waals surface area contributed by atoms with E-state index in [1.54, 1.807) is 43.9 Å². The molecule has 0 spiro atoms. The normalized spacial score (nSPS) is 40.8. The quantitative estimate of drug-likeness (QED) is 0.0303. The average molecular weight is 1740 g/mol. The smallest absolute Gasteiger partial charge is 0.323 e. The molecule has 0 saturated carbocycles. The van der Waals surface area contributed by atoms with Crippen molar-refractivity contribution in [1.82, 2.24) is 19.6 Å². The van der Waals surface area contributed by atoms with Crippen molar-refractivity contribution >= 4 is 23.9 Å². The molecule has 4 fully saturated rings. The second-order valence-corrected chi connectivity index (χ2v) is 29.1. The number of rotatable bonds is 28. The van der Waals surface area contributed by atoms with Gasteiger partial charge >= 0.3 is 23.9 Å². The lowest BCUT2D eigenvalue weighted by Crippen LogP contribution is -2.51.